The number of fused-ring (bicyclic) bond motifs is 1. The summed E-state index contributed by atoms with van der Waals surface area (Å²) >= 11 is 5.79. The van der Waals surface area contributed by atoms with Crippen molar-refractivity contribution in [2.75, 3.05) is 6.61 Å². The zero-order chi connectivity index (χ0) is 24.1. The van der Waals surface area contributed by atoms with Crippen molar-refractivity contribution < 1.29 is 14.5 Å². The summed E-state index contributed by atoms with van der Waals surface area (Å²) in [4.78, 5) is 22.7. The van der Waals surface area contributed by atoms with E-state index in [1.165, 1.54) is 23.8 Å². The molecule has 0 aliphatic rings. The maximum absolute atomic E-state index is 12.2. The molecule has 1 heterocycles. The van der Waals surface area contributed by atoms with Crippen LogP contribution in [0.25, 0.3) is 10.9 Å². The van der Waals surface area contributed by atoms with E-state index in [1.54, 1.807) is 6.21 Å². The van der Waals surface area contributed by atoms with Crippen LogP contribution >= 0.6 is 11.6 Å². The van der Waals surface area contributed by atoms with Crippen molar-refractivity contribution in [2.45, 2.75) is 13.5 Å². The third-order valence-corrected chi connectivity index (χ3v) is 5.56. The van der Waals surface area contributed by atoms with Gasteiger partial charge in [0.05, 0.1) is 11.1 Å². The van der Waals surface area contributed by atoms with Gasteiger partial charge in [0.15, 0.2) is 12.4 Å². The van der Waals surface area contributed by atoms with E-state index in [1.807, 2.05) is 49.4 Å². The second-order valence-corrected chi connectivity index (χ2v) is 7.98. The highest BCUT2D eigenvalue weighted by molar-refractivity contribution is 6.30. The average Bonchev–Trinajstić information content (AvgIpc) is 3.10. The topological polar surface area (TPSA) is 98.8 Å². The van der Waals surface area contributed by atoms with Crippen molar-refractivity contribution in [3.8, 4) is 5.75 Å². The van der Waals surface area contributed by atoms with E-state index in [2.05, 4.69) is 27.2 Å². The van der Waals surface area contributed by atoms with Gasteiger partial charge in [-0.2, -0.15) is 5.10 Å². The van der Waals surface area contributed by atoms with Crippen molar-refractivity contribution in [1.29, 1.82) is 0 Å². The molecule has 0 spiro atoms. The van der Waals surface area contributed by atoms with Crippen LogP contribution in [0.1, 0.15) is 16.8 Å². The molecule has 0 saturated heterocycles. The first-order chi connectivity index (χ1) is 16.4. The van der Waals surface area contributed by atoms with Gasteiger partial charge >= 0.3 is 5.69 Å². The predicted octanol–water partition coefficient (Wildman–Crippen LogP) is 5.09. The smallest absolute Gasteiger partial charge is 0.312 e. The second kappa shape index (κ2) is 10.2. The van der Waals surface area contributed by atoms with E-state index < -0.39 is 17.4 Å². The third kappa shape index (κ3) is 5.07. The Hall–Kier alpha value is -4.17. The number of amides is 1. The molecule has 0 aliphatic heterocycles. The molecular weight excluding hydrogens is 456 g/mol. The van der Waals surface area contributed by atoms with Gasteiger partial charge in [-0.05, 0) is 30.7 Å². The predicted molar refractivity (Wildman–Crippen MR) is 132 cm³/mol. The molecule has 9 heteroatoms. The number of nitro groups is 1. The normalized spacial score (nSPS) is 11.1. The number of benzene rings is 3. The number of nitrogens with one attached hydrogen (secondary N) is 1. The summed E-state index contributed by atoms with van der Waals surface area (Å²) < 4.78 is 7.50. The first-order valence-electron chi connectivity index (χ1n) is 10.4. The molecule has 34 heavy (non-hydrogen) atoms. The Kier molecular flexibility index (Phi) is 6.89. The molecule has 4 rings (SSSR count). The van der Waals surface area contributed by atoms with E-state index >= 15 is 0 Å². The van der Waals surface area contributed by atoms with E-state index in [0.29, 0.717) is 6.54 Å². The molecular formula is C25H21ClN4O4. The molecule has 0 unspecified atom stereocenters. The lowest BCUT2D eigenvalue weighted by molar-refractivity contribution is -0.385. The molecule has 0 radical (unpaired) electrons. The number of ether oxygens (including phenoxy) is 1. The van der Waals surface area contributed by atoms with Crippen LogP contribution in [0.3, 0.4) is 0 Å². The van der Waals surface area contributed by atoms with E-state index in [-0.39, 0.29) is 16.5 Å². The molecule has 1 aromatic heterocycles. The Labute approximate surface area is 200 Å². The molecule has 4 aromatic rings. The molecule has 172 valence electrons. The van der Waals surface area contributed by atoms with Crippen LogP contribution in [0.2, 0.25) is 5.02 Å². The maximum Gasteiger partial charge on any atom is 0.312 e. The van der Waals surface area contributed by atoms with Gasteiger partial charge in [-0.25, -0.2) is 5.43 Å². The minimum absolute atomic E-state index is 0.0478. The minimum atomic E-state index is -0.620. The summed E-state index contributed by atoms with van der Waals surface area (Å²) in [5.41, 5.74) is 6.24. The Morgan fingerprint density at radius 2 is 1.88 bits per heavy atom. The number of hydrazone groups is 1. The molecule has 0 saturated carbocycles. The van der Waals surface area contributed by atoms with Crippen LogP contribution in [0.15, 0.2) is 77.9 Å². The van der Waals surface area contributed by atoms with E-state index in [4.69, 9.17) is 16.3 Å². The van der Waals surface area contributed by atoms with Crippen molar-refractivity contribution in [1.82, 2.24) is 9.99 Å². The SMILES string of the molecule is Cc1c(/C=N\NC(=O)COc2ccc(Cl)cc2[N+](=O)[O-])c2ccccc2n1Cc1ccccc1. The number of carbonyl (C=O) groups is 1. The molecule has 8 nitrogen and oxygen atoms in total. The lowest BCUT2D eigenvalue weighted by Gasteiger charge is -2.08. The van der Waals surface area contributed by atoms with Crippen molar-refractivity contribution in [3.63, 3.8) is 0 Å². The second-order valence-electron chi connectivity index (χ2n) is 7.54. The fourth-order valence-corrected chi connectivity index (χ4v) is 3.86. The number of carbonyl (C=O) groups excluding carboxylic acids is 1. The molecule has 1 amide bonds. The molecule has 0 bridgehead atoms. The molecule has 0 aliphatic carbocycles. The quantitative estimate of drug-likeness (QED) is 0.217. The lowest BCUT2D eigenvalue weighted by Crippen LogP contribution is -2.24. The summed E-state index contributed by atoms with van der Waals surface area (Å²) in [5, 5.41) is 16.4. The van der Waals surface area contributed by atoms with Crippen LogP contribution < -0.4 is 10.2 Å². The van der Waals surface area contributed by atoms with Gasteiger partial charge in [0.2, 0.25) is 0 Å². The fraction of sp³-hybridized carbons (Fsp3) is 0.120. The molecule has 0 fully saturated rings. The average molecular weight is 477 g/mol. The standard InChI is InChI=1S/C25H21ClN4O4/c1-17-21(20-9-5-6-10-22(20)29(17)15-18-7-3-2-4-8-18)14-27-28-25(31)16-34-24-12-11-19(26)13-23(24)30(32)33/h2-14H,15-16H2,1H3,(H,28,31)/b27-14-. The summed E-state index contributed by atoms with van der Waals surface area (Å²) in [6.45, 7) is 2.28. The van der Waals surface area contributed by atoms with Gasteiger partial charge in [-0.3, -0.25) is 14.9 Å². The highest BCUT2D eigenvalue weighted by Crippen LogP contribution is 2.30. The number of nitrogens with zero attached hydrogens (tertiary/aromatic N) is 3. The highest BCUT2D eigenvalue weighted by Gasteiger charge is 2.17. The van der Waals surface area contributed by atoms with E-state index in [9.17, 15) is 14.9 Å². The van der Waals surface area contributed by atoms with Crippen LogP contribution in [-0.4, -0.2) is 28.2 Å². The van der Waals surface area contributed by atoms with Crippen molar-refractivity contribution in [3.05, 3.63) is 105 Å². The summed E-state index contributed by atoms with van der Waals surface area (Å²) in [6.07, 6.45) is 1.60. The Morgan fingerprint density at radius 3 is 2.65 bits per heavy atom. The zero-order valence-corrected chi connectivity index (χ0v) is 19.0. The number of hydrogen-bond donors (Lipinski definition) is 1. The van der Waals surface area contributed by atoms with Crippen LogP contribution in [-0.2, 0) is 11.3 Å². The molecule has 0 atom stereocenters. The number of para-hydroxylation sites is 1. The fourth-order valence-electron chi connectivity index (χ4n) is 3.69. The number of nitro benzene ring substituents is 1. The number of rotatable bonds is 8. The number of halogens is 1. The van der Waals surface area contributed by atoms with Gasteiger partial charge < -0.3 is 9.30 Å². The summed E-state index contributed by atoms with van der Waals surface area (Å²) in [5.74, 6) is -0.598. The molecule has 1 N–H and O–H groups in total. The largest absolute Gasteiger partial charge is 0.477 e. The van der Waals surface area contributed by atoms with Gasteiger partial charge in [0, 0.05) is 39.8 Å². The van der Waals surface area contributed by atoms with Gasteiger partial charge in [-0.15, -0.1) is 0 Å². The Morgan fingerprint density at radius 1 is 1.15 bits per heavy atom. The Bertz CT molecular complexity index is 1380. The molecule has 3 aromatic carbocycles. The van der Waals surface area contributed by atoms with E-state index in [0.717, 1.165) is 22.2 Å². The summed E-state index contributed by atoms with van der Waals surface area (Å²) in [6, 6.07) is 22.1. The maximum atomic E-state index is 12.2. The van der Waals surface area contributed by atoms with Crippen LogP contribution in [0.5, 0.6) is 5.75 Å². The summed E-state index contributed by atoms with van der Waals surface area (Å²) in [7, 11) is 0. The first kappa shape index (κ1) is 23.0. The Balaban J connectivity index is 1.47. The number of hydrogen-bond acceptors (Lipinski definition) is 5. The van der Waals surface area contributed by atoms with Crippen molar-refractivity contribution >= 4 is 40.3 Å². The van der Waals surface area contributed by atoms with Gasteiger partial charge in [0.1, 0.15) is 0 Å². The highest BCUT2D eigenvalue weighted by atomic mass is 35.5. The van der Waals surface area contributed by atoms with Crippen LogP contribution in [0, 0.1) is 17.0 Å². The van der Waals surface area contributed by atoms with Crippen LogP contribution in [0.4, 0.5) is 5.69 Å². The minimum Gasteiger partial charge on any atom is -0.477 e. The lowest BCUT2D eigenvalue weighted by atomic mass is 10.1. The third-order valence-electron chi connectivity index (χ3n) is 5.32. The van der Waals surface area contributed by atoms with Crippen molar-refractivity contribution in [2.24, 2.45) is 5.10 Å². The monoisotopic (exact) mass is 476 g/mol. The number of aromatic nitrogens is 1. The zero-order valence-electron chi connectivity index (χ0n) is 18.3. The van der Waals surface area contributed by atoms with Gasteiger partial charge in [-0.1, -0.05) is 60.1 Å². The first-order valence-corrected chi connectivity index (χ1v) is 10.8. The van der Waals surface area contributed by atoms with Gasteiger partial charge in [0.25, 0.3) is 5.91 Å².